The summed E-state index contributed by atoms with van der Waals surface area (Å²) >= 11 is 3.87. The zero-order chi connectivity index (χ0) is 9.78. The summed E-state index contributed by atoms with van der Waals surface area (Å²) in [5.74, 6) is -0.240. The van der Waals surface area contributed by atoms with Crippen molar-refractivity contribution in [1.82, 2.24) is 0 Å². The largest absolute Gasteiger partial charge is 0.443 e. The topological polar surface area (TPSA) is 78.3 Å². The van der Waals surface area contributed by atoms with Gasteiger partial charge < -0.3 is 10.5 Å². The van der Waals surface area contributed by atoms with Crippen LogP contribution in [0.2, 0.25) is 0 Å². The van der Waals surface area contributed by atoms with Crippen LogP contribution in [0.3, 0.4) is 0 Å². The molecule has 0 amide bonds. The Bertz CT molecular complexity index is 161. The summed E-state index contributed by atoms with van der Waals surface area (Å²) < 4.78 is 4.90. The second kappa shape index (κ2) is 4.69. The van der Waals surface area contributed by atoms with Crippen LogP contribution >= 0.6 is 12.6 Å². The minimum Gasteiger partial charge on any atom is -0.443 e. The van der Waals surface area contributed by atoms with E-state index in [0.717, 1.165) is 0 Å². The van der Waals surface area contributed by atoms with E-state index in [1.807, 2.05) is 6.92 Å². The van der Waals surface area contributed by atoms with Gasteiger partial charge in [0.2, 0.25) is 0 Å². The van der Waals surface area contributed by atoms with Crippen molar-refractivity contribution >= 4 is 18.6 Å². The third-order valence-corrected chi connectivity index (χ3v) is 1.93. The van der Waals surface area contributed by atoms with Crippen LogP contribution in [0.1, 0.15) is 20.3 Å². The van der Waals surface area contributed by atoms with Crippen LogP contribution in [0.5, 0.6) is 0 Å². The molecule has 0 radical (unpaired) electrons. The number of hydrogen-bond acceptors (Lipinski definition) is 5. The van der Waals surface area contributed by atoms with Crippen molar-refractivity contribution in [3.05, 3.63) is 0 Å². The number of carbonyl (C=O) groups is 1. The van der Waals surface area contributed by atoms with Crippen molar-refractivity contribution in [2.24, 2.45) is 11.5 Å². The standard InChI is InChI=1S/C7H16N2O2S/c1-3-7(2,9)11-6(10)5(8)4-12/h5,12H,3-4,8-9H2,1-2H3/t5-,7?/m0/s1. The fourth-order valence-corrected chi connectivity index (χ4v) is 0.601. The van der Waals surface area contributed by atoms with E-state index in [2.05, 4.69) is 12.6 Å². The molecule has 0 spiro atoms. The van der Waals surface area contributed by atoms with Crippen molar-refractivity contribution in [3.8, 4) is 0 Å². The van der Waals surface area contributed by atoms with Crippen molar-refractivity contribution in [1.29, 1.82) is 0 Å². The highest BCUT2D eigenvalue weighted by Gasteiger charge is 2.24. The molecule has 12 heavy (non-hydrogen) atoms. The maximum Gasteiger partial charge on any atom is 0.325 e. The van der Waals surface area contributed by atoms with Gasteiger partial charge in [-0.2, -0.15) is 12.6 Å². The van der Waals surface area contributed by atoms with E-state index in [1.54, 1.807) is 6.92 Å². The van der Waals surface area contributed by atoms with Gasteiger partial charge in [-0.25, -0.2) is 0 Å². The Morgan fingerprint density at radius 2 is 2.25 bits per heavy atom. The van der Waals surface area contributed by atoms with Crippen LogP contribution in [0.15, 0.2) is 0 Å². The van der Waals surface area contributed by atoms with Gasteiger partial charge in [0, 0.05) is 5.75 Å². The Hall–Kier alpha value is -0.260. The van der Waals surface area contributed by atoms with Crippen molar-refractivity contribution in [3.63, 3.8) is 0 Å². The summed E-state index contributed by atoms with van der Waals surface area (Å²) in [5, 5.41) is 0. The van der Waals surface area contributed by atoms with E-state index < -0.39 is 17.7 Å². The summed E-state index contributed by atoms with van der Waals surface area (Å²) in [5.41, 5.74) is 10.0. The van der Waals surface area contributed by atoms with Crippen LogP contribution in [0.25, 0.3) is 0 Å². The first-order chi connectivity index (χ1) is 5.43. The van der Waals surface area contributed by atoms with E-state index in [1.165, 1.54) is 0 Å². The molecule has 0 aliphatic carbocycles. The zero-order valence-electron chi connectivity index (χ0n) is 7.41. The van der Waals surface area contributed by atoms with Gasteiger partial charge in [-0.3, -0.25) is 10.5 Å². The van der Waals surface area contributed by atoms with Gasteiger partial charge in [-0.1, -0.05) is 6.92 Å². The first-order valence-electron chi connectivity index (χ1n) is 3.81. The van der Waals surface area contributed by atoms with Gasteiger partial charge in [-0.15, -0.1) is 0 Å². The summed E-state index contributed by atoms with van der Waals surface area (Å²) in [6, 6.07) is -0.692. The number of esters is 1. The van der Waals surface area contributed by atoms with Crippen LogP contribution < -0.4 is 11.5 Å². The second-order valence-corrected chi connectivity index (χ2v) is 3.24. The lowest BCUT2D eigenvalue weighted by Gasteiger charge is -2.24. The van der Waals surface area contributed by atoms with E-state index in [0.29, 0.717) is 6.42 Å². The normalized spacial score (nSPS) is 18.1. The van der Waals surface area contributed by atoms with Gasteiger partial charge in [0.1, 0.15) is 6.04 Å². The predicted octanol–water partition coefficient (Wildman–Crippen LogP) is -0.128. The maximum atomic E-state index is 11.1. The highest BCUT2D eigenvalue weighted by molar-refractivity contribution is 7.80. The van der Waals surface area contributed by atoms with Crippen LogP contribution in [-0.4, -0.2) is 23.5 Å². The quantitative estimate of drug-likeness (QED) is 0.329. The molecule has 2 atom stereocenters. The minimum absolute atomic E-state index is 0.263. The number of rotatable bonds is 4. The fourth-order valence-electron chi connectivity index (χ4n) is 0.452. The molecule has 4 nitrogen and oxygen atoms in total. The maximum absolute atomic E-state index is 11.1. The molecule has 0 heterocycles. The Balaban J connectivity index is 4.00. The molecular weight excluding hydrogens is 176 g/mol. The minimum atomic E-state index is -0.919. The van der Waals surface area contributed by atoms with Crippen molar-refractivity contribution in [2.45, 2.75) is 32.0 Å². The Morgan fingerprint density at radius 3 is 2.58 bits per heavy atom. The van der Waals surface area contributed by atoms with E-state index in [4.69, 9.17) is 16.2 Å². The number of ether oxygens (including phenoxy) is 1. The molecule has 0 aromatic rings. The zero-order valence-corrected chi connectivity index (χ0v) is 8.30. The lowest BCUT2D eigenvalue weighted by atomic mass is 10.2. The lowest BCUT2D eigenvalue weighted by Crippen LogP contribution is -2.46. The van der Waals surface area contributed by atoms with E-state index in [9.17, 15) is 4.79 Å². The second-order valence-electron chi connectivity index (χ2n) is 2.88. The first-order valence-corrected chi connectivity index (χ1v) is 4.44. The highest BCUT2D eigenvalue weighted by atomic mass is 32.1. The molecular formula is C7H16N2O2S. The number of thiol groups is 1. The molecule has 0 aromatic carbocycles. The molecule has 72 valence electrons. The van der Waals surface area contributed by atoms with Crippen LogP contribution in [0, 0.1) is 0 Å². The lowest BCUT2D eigenvalue weighted by molar-refractivity contribution is -0.158. The monoisotopic (exact) mass is 192 g/mol. The molecule has 0 aliphatic heterocycles. The SMILES string of the molecule is CCC(C)(N)OC(=O)[C@@H](N)CS. The summed E-state index contributed by atoms with van der Waals surface area (Å²) in [6.07, 6.45) is 0.554. The van der Waals surface area contributed by atoms with Crippen LogP contribution in [-0.2, 0) is 9.53 Å². The highest BCUT2D eigenvalue weighted by Crippen LogP contribution is 2.07. The Kier molecular flexibility index (Phi) is 4.59. The summed E-state index contributed by atoms with van der Waals surface area (Å²) in [6.45, 7) is 3.47. The predicted molar refractivity (Wildman–Crippen MR) is 50.8 cm³/mol. The summed E-state index contributed by atoms with van der Waals surface area (Å²) in [7, 11) is 0. The average Bonchev–Trinajstić information content (AvgIpc) is 2.02. The number of carbonyl (C=O) groups excluding carboxylic acids is 1. The molecule has 1 unspecified atom stereocenters. The molecule has 0 saturated heterocycles. The van der Waals surface area contributed by atoms with Crippen molar-refractivity contribution in [2.75, 3.05) is 5.75 Å². The van der Waals surface area contributed by atoms with Gasteiger partial charge in [0.15, 0.2) is 5.72 Å². The molecule has 0 aliphatic rings. The van der Waals surface area contributed by atoms with E-state index in [-0.39, 0.29) is 5.75 Å². The van der Waals surface area contributed by atoms with Gasteiger partial charge in [-0.05, 0) is 13.3 Å². The Labute approximate surface area is 78.0 Å². The first kappa shape index (κ1) is 11.7. The average molecular weight is 192 g/mol. The fraction of sp³-hybridized carbons (Fsp3) is 0.857. The summed E-state index contributed by atoms with van der Waals surface area (Å²) in [4.78, 5) is 11.1. The van der Waals surface area contributed by atoms with Crippen LogP contribution in [0.4, 0.5) is 0 Å². The molecule has 0 bridgehead atoms. The third-order valence-electron chi connectivity index (χ3n) is 1.54. The molecule has 5 heteroatoms. The van der Waals surface area contributed by atoms with Crippen molar-refractivity contribution < 1.29 is 9.53 Å². The molecule has 0 aromatic heterocycles. The number of hydrogen-bond donors (Lipinski definition) is 3. The third kappa shape index (κ3) is 3.94. The van der Waals surface area contributed by atoms with Gasteiger partial charge in [0.05, 0.1) is 0 Å². The van der Waals surface area contributed by atoms with Gasteiger partial charge >= 0.3 is 5.97 Å². The smallest absolute Gasteiger partial charge is 0.325 e. The molecule has 4 N–H and O–H groups in total. The molecule has 0 saturated carbocycles. The number of nitrogens with two attached hydrogens (primary N) is 2. The van der Waals surface area contributed by atoms with E-state index >= 15 is 0 Å². The van der Waals surface area contributed by atoms with Gasteiger partial charge in [0.25, 0.3) is 0 Å². The molecule has 0 rings (SSSR count). The Morgan fingerprint density at radius 1 is 1.75 bits per heavy atom. The molecule has 0 fully saturated rings.